The van der Waals surface area contributed by atoms with E-state index in [9.17, 15) is 4.39 Å². The first-order valence-corrected chi connectivity index (χ1v) is 7.08. The highest BCUT2D eigenvalue weighted by Gasteiger charge is 2.19. The third kappa shape index (κ3) is 2.66. The summed E-state index contributed by atoms with van der Waals surface area (Å²) in [4.78, 5) is 14.8. The van der Waals surface area contributed by atoms with E-state index in [1.54, 1.807) is 0 Å². The molecule has 2 heterocycles. The zero-order chi connectivity index (χ0) is 15.0. The van der Waals surface area contributed by atoms with Gasteiger partial charge in [0.1, 0.15) is 5.82 Å². The van der Waals surface area contributed by atoms with Crippen LogP contribution in [0.25, 0.3) is 11.4 Å². The number of nitrogens with zero attached hydrogens (tertiary/aromatic N) is 4. The molecule has 1 aromatic carbocycles. The average Bonchev–Trinajstić information content (AvgIpc) is 2.90. The second-order valence-electron chi connectivity index (χ2n) is 5.45. The van der Waals surface area contributed by atoms with E-state index in [0.29, 0.717) is 17.3 Å². The molecule has 1 aliphatic rings. The molecule has 110 valence electrons. The van der Waals surface area contributed by atoms with Crippen molar-refractivity contribution in [1.82, 2.24) is 15.0 Å². The molecule has 0 bridgehead atoms. The van der Waals surface area contributed by atoms with Crippen molar-refractivity contribution in [3.63, 3.8) is 0 Å². The van der Waals surface area contributed by atoms with Crippen LogP contribution in [0.2, 0.25) is 0 Å². The zero-order valence-electron chi connectivity index (χ0n) is 12.2. The number of halogens is 1. The van der Waals surface area contributed by atoms with Crippen LogP contribution in [0.3, 0.4) is 0 Å². The lowest BCUT2D eigenvalue weighted by molar-refractivity contribution is 0.627. The molecule has 0 radical (unpaired) electrons. The molecule has 1 saturated heterocycles. The van der Waals surface area contributed by atoms with Crippen molar-refractivity contribution in [3.8, 4) is 11.4 Å². The SMILES string of the molecule is Cc1cc(C)c(-c2nc(N)nc(N3CCCC3)n2)c(F)c1. The van der Waals surface area contributed by atoms with Gasteiger partial charge in [0.15, 0.2) is 5.82 Å². The molecule has 0 spiro atoms. The Bertz CT molecular complexity index is 657. The third-order valence-electron chi connectivity index (χ3n) is 3.69. The van der Waals surface area contributed by atoms with E-state index in [2.05, 4.69) is 19.9 Å². The maximum atomic E-state index is 14.3. The van der Waals surface area contributed by atoms with Gasteiger partial charge in [-0.2, -0.15) is 15.0 Å². The van der Waals surface area contributed by atoms with Crippen LogP contribution in [0.5, 0.6) is 0 Å². The van der Waals surface area contributed by atoms with Crippen molar-refractivity contribution in [2.24, 2.45) is 0 Å². The quantitative estimate of drug-likeness (QED) is 0.919. The highest BCUT2D eigenvalue weighted by molar-refractivity contribution is 5.63. The van der Waals surface area contributed by atoms with Crippen LogP contribution in [0.15, 0.2) is 12.1 Å². The minimum atomic E-state index is -0.328. The van der Waals surface area contributed by atoms with E-state index >= 15 is 0 Å². The number of rotatable bonds is 2. The van der Waals surface area contributed by atoms with E-state index in [-0.39, 0.29) is 11.8 Å². The summed E-state index contributed by atoms with van der Waals surface area (Å²) in [5.41, 5.74) is 7.85. The number of aromatic nitrogens is 3. The number of nitrogen functional groups attached to an aromatic ring is 1. The van der Waals surface area contributed by atoms with Crippen molar-refractivity contribution in [1.29, 1.82) is 0 Å². The number of aryl methyl sites for hydroxylation is 2. The molecular formula is C15H18FN5. The van der Waals surface area contributed by atoms with E-state index in [0.717, 1.165) is 37.1 Å². The predicted octanol–water partition coefficient (Wildman–Crippen LogP) is 2.48. The molecule has 5 nitrogen and oxygen atoms in total. The third-order valence-corrected chi connectivity index (χ3v) is 3.69. The topological polar surface area (TPSA) is 67.9 Å². The highest BCUT2D eigenvalue weighted by atomic mass is 19.1. The predicted molar refractivity (Wildman–Crippen MR) is 80.6 cm³/mol. The summed E-state index contributed by atoms with van der Waals surface area (Å²) in [7, 11) is 0. The summed E-state index contributed by atoms with van der Waals surface area (Å²) in [6.07, 6.45) is 2.22. The number of benzene rings is 1. The highest BCUT2D eigenvalue weighted by Crippen LogP contribution is 2.27. The summed E-state index contributed by atoms with van der Waals surface area (Å²) < 4.78 is 14.3. The van der Waals surface area contributed by atoms with Gasteiger partial charge in [-0.3, -0.25) is 0 Å². The van der Waals surface area contributed by atoms with Crippen molar-refractivity contribution < 1.29 is 4.39 Å². The fourth-order valence-electron chi connectivity index (χ4n) is 2.75. The zero-order valence-corrected chi connectivity index (χ0v) is 12.2. The van der Waals surface area contributed by atoms with Crippen molar-refractivity contribution >= 4 is 11.9 Å². The molecule has 1 aliphatic heterocycles. The summed E-state index contributed by atoms with van der Waals surface area (Å²) in [6, 6.07) is 3.39. The molecular weight excluding hydrogens is 269 g/mol. The molecule has 2 aromatic rings. The van der Waals surface area contributed by atoms with Crippen LogP contribution in [0.1, 0.15) is 24.0 Å². The van der Waals surface area contributed by atoms with Crippen molar-refractivity contribution in [2.75, 3.05) is 23.7 Å². The second-order valence-corrected chi connectivity index (χ2v) is 5.45. The van der Waals surface area contributed by atoms with Crippen LogP contribution in [0, 0.1) is 19.7 Å². The maximum Gasteiger partial charge on any atom is 0.230 e. The number of nitrogens with two attached hydrogens (primary N) is 1. The Hall–Kier alpha value is -2.24. The molecule has 2 N–H and O–H groups in total. The van der Waals surface area contributed by atoms with Gasteiger partial charge in [-0.05, 0) is 43.9 Å². The first kappa shape index (κ1) is 13.7. The monoisotopic (exact) mass is 287 g/mol. The molecule has 0 unspecified atom stereocenters. The van der Waals surface area contributed by atoms with Gasteiger partial charge < -0.3 is 10.6 Å². The Labute approximate surface area is 123 Å². The molecule has 6 heteroatoms. The average molecular weight is 287 g/mol. The van der Waals surface area contributed by atoms with E-state index in [1.165, 1.54) is 6.07 Å². The Balaban J connectivity index is 2.10. The Morgan fingerprint density at radius 2 is 1.81 bits per heavy atom. The molecule has 21 heavy (non-hydrogen) atoms. The molecule has 3 rings (SSSR count). The minimum Gasteiger partial charge on any atom is -0.368 e. The molecule has 1 fully saturated rings. The Morgan fingerprint density at radius 1 is 1.10 bits per heavy atom. The number of hydrogen-bond acceptors (Lipinski definition) is 5. The van der Waals surface area contributed by atoms with Crippen LogP contribution in [-0.2, 0) is 0 Å². The van der Waals surface area contributed by atoms with Gasteiger partial charge in [-0.25, -0.2) is 4.39 Å². The molecule has 1 aromatic heterocycles. The molecule has 0 atom stereocenters. The molecule has 0 aliphatic carbocycles. The van der Waals surface area contributed by atoms with Gasteiger partial charge in [0, 0.05) is 13.1 Å². The second kappa shape index (κ2) is 5.27. The van der Waals surface area contributed by atoms with Gasteiger partial charge in [-0.15, -0.1) is 0 Å². The van der Waals surface area contributed by atoms with Crippen LogP contribution >= 0.6 is 0 Å². The summed E-state index contributed by atoms with van der Waals surface area (Å²) >= 11 is 0. The van der Waals surface area contributed by atoms with Gasteiger partial charge in [0.2, 0.25) is 11.9 Å². The first-order chi connectivity index (χ1) is 10.0. The molecule has 0 amide bonds. The summed E-state index contributed by atoms with van der Waals surface area (Å²) in [5, 5.41) is 0. The van der Waals surface area contributed by atoms with Crippen LogP contribution in [-0.4, -0.2) is 28.0 Å². The van der Waals surface area contributed by atoms with Crippen LogP contribution < -0.4 is 10.6 Å². The molecule has 0 saturated carbocycles. The Kier molecular flexibility index (Phi) is 3.45. The number of hydrogen-bond donors (Lipinski definition) is 1. The lowest BCUT2D eigenvalue weighted by Gasteiger charge is -2.16. The summed E-state index contributed by atoms with van der Waals surface area (Å²) in [6.45, 7) is 5.51. The smallest absolute Gasteiger partial charge is 0.230 e. The van der Waals surface area contributed by atoms with E-state index in [4.69, 9.17) is 5.73 Å². The van der Waals surface area contributed by atoms with E-state index < -0.39 is 0 Å². The first-order valence-electron chi connectivity index (χ1n) is 7.08. The van der Waals surface area contributed by atoms with Gasteiger partial charge in [0.05, 0.1) is 5.56 Å². The maximum absolute atomic E-state index is 14.3. The lowest BCUT2D eigenvalue weighted by Crippen LogP contribution is -2.21. The lowest BCUT2D eigenvalue weighted by atomic mass is 10.0. The Morgan fingerprint density at radius 3 is 2.48 bits per heavy atom. The fraction of sp³-hybridized carbons (Fsp3) is 0.400. The van der Waals surface area contributed by atoms with Gasteiger partial charge in [-0.1, -0.05) is 6.07 Å². The van der Waals surface area contributed by atoms with Crippen molar-refractivity contribution in [2.45, 2.75) is 26.7 Å². The largest absolute Gasteiger partial charge is 0.368 e. The number of anilines is 2. The van der Waals surface area contributed by atoms with Crippen molar-refractivity contribution in [3.05, 3.63) is 29.1 Å². The normalized spacial score (nSPS) is 14.7. The van der Waals surface area contributed by atoms with Crippen LogP contribution in [0.4, 0.5) is 16.3 Å². The van der Waals surface area contributed by atoms with Gasteiger partial charge >= 0.3 is 0 Å². The standard InChI is InChI=1S/C15H18FN5/c1-9-7-10(2)12(11(16)8-9)13-18-14(17)20-15(19-13)21-5-3-4-6-21/h7-8H,3-6H2,1-2H3,(H2,17,18,19,20). The van der Waals surface area contributed by atoms with Gasteiger partial charge in [0.25, 0.3) is 0 Å². The minimum absolute atomic E-state index is 0.126. The summed E-state index contributed by atoms with van der Waals surface area (Å²) in [5.74, 6) is 0.639. The fourth-order valence-corrected chi connectivity index (χ4v) is 2.75. The van der Waals surface area contributed by atoms with E-state index in [1.807, 2.05) is 19.9 Å².